The Labute approximate surface area is 220 Å². The number of hydrogen-bond donors (Lipinski definition) is 4. The number of aldehydes is 1. The molecule has 0 unspecified atom stereocenters. The number of carbonyl (C=O) groups is 3. The minimum absolute atomic E-state index is 0.00398. The molecule has 16 nitrogen and oxygen atoms in total. The fourth-order valence-electron chi connectivity index (χ4n) is 3.66. The largest absolute Gasteiger partial charge is 0.462 e. The molecule has 1 saturated heterocycles. The number of imidazole rings is 1. The van der Waals surface area contributed by atoms with Crippen LogP contribution >= 0.6 is 0 Å². The van der Waals surface area contributed by atoms with Crippen LogP contribution in [-0.4, -0.2) is 101 Å². The summed E-state index contributed by atoms with van der Waals surface area (Å²) in [4.78, 5) is 48.7. The first-order chi connectivity index (χ1) is 18.8. The first-order valence-electron chi connectivity index (χ1n) is 11.6. The standard InChI is InChI=1S/C23H25N7O9/c1-3-5-38-21(35)12-7-26-30(8-12)23-27-18(24-6-13(9-31)22(36)37-4-2)15-19(28-23)29(11-25-15)20-17(34)16(33)14(10-32)39-20/h3,6-9,11,14,16-17,20,32-34H,1,4-5,10H2,2H3,(H,24,27,28)/b13-6+/t14-,16-,17-,20-/m1/s1. The molecule has 0 spiro atoms. The number of aliphatic hydroxyl groups excluding tert-OH is 3. The Kier molecular flexibility index (Phi) is 8.40. The summed E-state index contributed by atoms with van der Waals surface area (Å²) in [5.41, 5.74) is -0.0303. The summed E-state index contributed by atoms with van der Waals surface area (Å²) >= 11 is 0. The Morgan fingerprint density at radius 2 is 2.05 bits per heavy atom. The highest BCUT2D eigenvalue weighted by molar-refractivity contribution is 6.08. The number of hydrogen-bond acceptors (Lipinski definition) is 14. The molecule has 206 valence electrons. The van der Waals surface area contributed by atoms with Gasteiger partial charge < -0.3 is 34.8 Å². The van der Waals surface area contributed by atoms with Crippen LogP contribution in [0.15, 0.2) is 43.1 Å². The number of anilines is 1. The molecule has 4 atom stereocenters. The van der Waals surface area contributed by atoms with Crippen molar-refractivity contribution in [1.82, 2.24) is 29.3 Å². The average molecular weight is 543 g/mol. The van der Waals surface area contributed by atoms with E-state index in [1.54, 1.807) is 6.92 Å². The van der Waals surface area contributed by atoms with Crippen LogP contribution in [0.2, 0.25) is 0 Å². The first kappa shape index (κ1) is 27.5. The van der Waals surface area contributed by atoms with E-state index in [0.717, 1.165) is 6.20 Å². The second-order valence-corrected chi connectivity index (χ2v) is 8.07. The molecule has 0 radical (unpaired) electrons. The fraction of sp³-hybridized carbons (Fsp3) is 0.348. The van der Waals surface area contributed by atoms with E-state index in [9.17, 15) is 29.7 Å². The van der Waals surface area contributed by atoms with E-state index < -0.39 is 43.1 Å². The molecule has 0 bridgehead atoms. The van der Waals surface area contributed by atoms with E-state index in [1.807, 2.05) is 0 Å². The average Bonchev–Trinajstić information content (AvgIpc) is 3.66. The molecule has 0 aromatic carbocycles. The highest BCUT2D eigenvalue weighted by Gasteiger charge is 2.44. The van der Waals surface area contributed by atoms with Crippen molar-refractivity contribution in [2.24, 2.45) is 0 Å². The van der Waals surface area contributed by atoms with E-state index in [0.29, 0.717) is 6.29 Å². The number of rotatable bonds is 11. The maximum atomic E-state index is 12.2. The third-order valence-electron chi connectivity index (χ3n) is 5.56. The summed E-state index contributed by atoms with van der Waals surface area (Å²) < 4.78 is 17.9. The van der Waals surface area contributed by atoms with Gasteiger partial charge in [0.15, 0.2) is 29.5 Å². The first-order valence-corrected chi connectivity index (χ1v) is 11.6. The van der Waals surface area contributed by atoms with E-state index >= 15 is 0 Å². The van der Waals surface area contributed by atoms with E-state index in [1.165, 1.54) is 34.0 Å². The van der Waals surface area contributed by atoms with Crippen LogP contribution in [0.5, 0.6) is 0 Å². The van der Waals surface area contributed by atoms with Crippen LogP contribution in [0.25, 0.3) is 17.1 Å². The zero-order valence-electron chi connectivity index (χ0n) is 20.6. The zero-order valence-corrected chi connectivity index (χ0v) is 20.6. The molecular formula is C23H25N7O9. The van der Waals surface area contributed by atoms with Gasteiger partial charge >= 0.3 is 11.9 Å². The Hall–Kier alpha value is -4.51. The molecule has 4 heterocycles. The van der Waals surface area contributed by atoms with Crippen LogP contribution in [-0.2, 0) is 23.8 Å². The summed E-state index contributed by atoms with van der Waals surface area (Å²) in [5.74, 6) is -1.60. The number of aliphatic hydroxyl groups is 3. The van der Waals surface area contributed by atoms with Gasteiger partial charge in [-0.2, -0.15) is 15.1 Å². The lowest BCUT2D eigenvalue weighted by molar-refractivity contribution is -0.139. The van der Waals surface area contributed by atoms with Crippen molar-refractivity contribution in [1.29, 1.82) is 0 Å². The quantitative estimate of drug-likeness (QED) is 0.0572. The molecular weight excluding hydrogens is 518 g/mol. The number of carbonyl (C=O) groups excluding carboxylic acids is 3. The van der Waals surface area contributed by atoms with Gasteiger partial charge in [0.05, 0.1) is 31.3 Å². The summed E-state index contributed by atoms with van der Waals surface area (Å²) in [5, 5.41) is 37.0. The zero-order chi connectivity index (χ0) is 28.1. The molecule has 3 aromatic heterocycles. The number of esters is 2. The van der Waals surface area contributed by atoms with Gasteiger partial charge in [0.25, 0.3) is 5.95 Å². The molecule has 1 aliphatic heterocycles. The van der Waals surface area contributed by atoms with Gasteiger partial charge in [0.1, 0.15) is 30.5 Å². The lowest BCUT2D eigenvalue weighted by Crippen LogP contribution is -2.33. The third kappa shape index (κ3) is 5.53. The number of nitrogens with zero attached hydrogens (tertiary/aromatic N) is 6. The normalized spacial score (nSPS) is 21.1. The van der Waals surface area contributed by atoms with Crippen molar-refractivity contribution in [2.75, 3.05) is 25.1 Å². The van der Waals surface area contributed by atoms with Crippen LogP contribution < -0.4 is 5.32 Å². The SMILES string of the molecule is C=CCOC(=O)c1cnn(-c2nc(N/C=C(\C=O)C(=O)OCC)c3ncn([C@@H]4O[C@H](CO)[C@@H](O)[C@H]4O)c3n2)c1. The van der Waals surface area contributed by atoms with Gasteiger partial charge in [-0.25, -0.2) is 19.3 Å². The van der Waals surface area contributed by atoms with Crippen LogP contribution in [0.1, 0.15) is 23.5 Å². The van der Waals surface area contributed by atoms with Gasteiger partial charge in [0, 0.05) is 12.4 Å². The minimum atomic E-state index is -1.43. The van der Waals surface area contributed by atoms with E-state index in [-0.39, 0.29) is 47.3 Å². The van der Waals surface area contributed by atoms with Crippen molar-refractivity contribution in [3.63, 3.8) is 0 Å². The Morgan fingerprint density at radius 1 is 1.26 bits per heavy atom. The molecule has 39 heavy (non-hydrogen) atoms. The molecule has 1 aliphatic rings. The smallest absolute Gasteiger partial charge is 0.342 e. The van der Waals surface area contributed by atoms with Gasteiger partial charge in [-0.3, -0.25) is 9.36 Å². The summed E-state index contributed by atoms with van der Waals surface area (Å²) in [6.45, 7) is 4.58. The van der Waals surface area contributed by atoms with Gasteiger partial charge in [-0.05, 0) is 6.92 Å². The van der Waals surface area contributed by atoms with E-state index in [4.69, 9.17) is 14.2 Å². The van der Waals surface area contributed by atoms with Crippen LogP contribution in [0.4, 0.5) is 5.82 Å². The Morgan fingerprint density at radius 3 is 2.72 bits per heavy atom. The summed E-state index contributed by atoms with van der Waals surface area (Å²) in [6, 6.07) is 0. The topological polar surface area (TPSA) is 213 Å². The molecule has 4 N–H and O–H groups in total. The molecule has 3 aromatic rings. The third-order valence-corrected chi connectivity index (χ3v) is 5.56. The van der Waals surface area contributed by atoms with Crippen molar-refractivity contribution >= 4 is 35.2 Å². The van der Waals surface area contributed by atoms with E-state index in [2.05, 4.69) is 31.9 Å². The molecule has 0 saturated carbocycles. The predicted molar refractivity (Wildman–Crippen MR) is 130 cm³/mol. The number of ether oxygens (including phenoxy) is 3. The van der Waals surface area contributed by atoms with Crippen molar-refractivity contribution in [3.05, 3.63) is 48.7 Å². The van der Waals surface area contributed by atoms with Gasteiger partial charge in [-0.1, -0.05) is 12.7 Å². The maximum Gasteiger partial charge on any atom is 0.342 e. The highest BCUT2D eigenvalue weighted by Crippen LogP contribution is 2.32. The monoisotopic (exact) mass is 543 g/mol. The van der Waals surface area contributed by atoms with Crippen molar-refractivity contribution in [2.45, 2.75) is 31.5 Å². The molecule has 0 aliphatic carbocycles. The number of aromatic nitrogens is 6. The van der Waals surface area contributed by atoms with Crippen LogP contribution in [0, 0.1) is 0 Å². The second kappa shape index (κ2) is 11.9. The predicted octanol–water partition coefficient (Wildman–Crippen LogP) is -0.976. The minimum Gasteiger partial charge on any atom is -0.462 e. The lowest BCUT2D eigenvalue weighted by atomic mass is 10.1. The number of fused-ring (bicyclic) bond motifs is 1. The maximum absolute atomic E-state index is 12.2. The van der Waals surface area contributed by atoms with Crippen molar-refractivity contribution < 1.29 is 43.9 Å². The summed E-state index contributed by atoms with van der Waals surface area (Å²) in [7, 11) is 0. The Balaban J connectivity index is 1.79. The molecule has 0 amide bonds. The highest BCUT2D eigenvalue weighted by atomic mass is 16.6. The Bertz CT molecular complexity index is 1420. The number of nitrogens with one attached hydrogen (secondary N) is 1. The van der Waals surface area contributed by atoms with Gasteiger partial charge in [0.2, 0.25) is 0 Å². The second-order valence-electron chi connectivity index (χ2n) is 8.07. The summed E-state index contributed by atoms with van der Waals surface area (Å²) in [6.07, 6.45) is 1.55. The van der Waals surface area contributed by atoms with Gasteiger partial charge in [-0.15, -0.1) is 0 Å². The molecule has 16 heteroatoms. The fourth-order valence-corrected chi connectivity index (χ4v) is 3.66. The molecule has 1 fully saturated rings. The van der Waals surface area contributed by atoms with Crippen LogP contribution in [0.3, 0.4) is 0 Å². The lowest BCUT2D eigenvalue weighted by Gasteiger charge is -2.17. The van der Waals surface area contributed by atoms with Crippen molar-refractivity contribution in [3.8, 4) is 5.95 Å². The molecule has 4 rings (SSSR count).